The van der Waals surface area contributed by atoms with Gasteiger partial charge in [-0.25, -0.2) is 9.80 Å². The molecule has 4 aliphatic rings. The first-order chi connectivity index (χ1) is 23.2. The van der Waals surface area contributed by atoms with Crippen molar-refractivity contribution in [1.82, 2.24) is 29.6 Å². The van der Waals surface area contributed by atoms with Gasteiger partial charge in [0.05, 0.1) is 12.3 Å². The van der Waals surface area contributed by atoms with E-state index in [0.29, 0.717) is 70.8 Å². The summed E-state index contributed by atoms with van der Waals surface area (Å²) in [6, 6.07) is 9.38. The Morgan fingerprint density at radius 1 is 0.833 bits per heavy atom. The summed E-state index contributed by atoms with van der Waals surface area (Å²) in [5.74, 6) is -0.429. The lowest BCUT2D eigenvalue weighted by Gasteiger charge is -2.36. The highest BCUT2D eigenvalue weighted by Gasteiger charge is 2.29. The van der Waals surface area contributed by atoms with Gasteiger partial charge in [-0.3, -0.25) is 34.0 Å². The molecule has 252 valence electrons. The van der Waals surface area contributed by atoms with Crippen molar-refractivity contribution in [2.75, 3.05) is 51.1 Å². The normalized spacial score (nSPS) is 19.6. The molecule has 1 saturated heterocycles. The second kappa shape index (κ2) is 14.9. The zero-order chi connectivity index (χ0) is 33.6. The highest BCUT2D eigenvalue weighted by Crippen LogP contribution is 2.24. The van der Waals surface area contributed by atoms with E-state index >= 15 is 0 Å². The third-order valence-electron chi connectivity index (χ3n) is 9.44. The molecule has 6 amide bonds. The fourth-order valence-corrected chi connectivity index (χ4v) is 6.55. The van der Waals surface area contributed by atoms with Gasteiger partial charge in [0.2, 0.25) is 11.8 Å². The number of carbonyl (C=O) groups excluding carboxylic acids is 5. The lowest BCUT2D eigenvalue weighted by Crippen LogP contribution is -2.50. The van der Waals surface area contributed by atoms with Gasteiger partial charge in [-0.1, -0.05) is 25.5 Å². The quantitative estimate of drug-likeness (QED) is 0.291. The SMILES string of the molecule is C[C@H]1CC(=O)N(CCN2CCN(C(=O)CCCCCN3C(=O)C=CC3=O)CC2)N=C1c1ccc(NC(=O)N2Cc3ccncc3C2)cc1. The number of amides is 6. The number of hydrazone groups is 1. The highest BCUT2D eigenvalue weighted by molar-refractivity contribution is 6.12. The lowest BCUT2D eigenvalue weighted by molar-refractivity contribution is -0.137. The summed E-state index contributed by atoms with van der Waals surface area (Å²) in [6.45, 7) is 7.40. The number of hydrogen-bond acceptors (Lipinski definition) is 8. The third-order valence-corrected chi connectivity index (χ3v) is 9.44. The third kappa shape index (κ3) is 7.79. The first-order valence-corrected chi connectivity index (χ1v) is 16.8. The number of hydrogen-bond donors (Lipinski definition) is 1. The Morgan fingerprint density at radius 2 is 1.56 bits per heavy atom. The summed E-state index contributed by atoms with van der Waals surface area (Å²) in [4.78, 5) is 73.0. The molecule has 6 rings (SSSR count). The van der Waals surface area contributed by atoms with Gasteiger partial charge in [-0.15, -0.1) is 0 Å². The Hall–Kier alpha value is -4.91. The average Bonchev–Trinajstić information content (AvgIpc) is 3.67. The van der Waals surface area contributed by atoms with E-state index in [9.17, 15) is 24.0 Å². The summed E-state index contributed by atoms with van der Waals surface area (Å²) in [5, 5.41) is 9.31. The Kier molecular flexibility index (Phi) is 10.2. The van der Waals surface area contributed by atoms with E-state index < -0.39 is 0 Å². The van der Waals surface area contributed by atoms with Gasteiger partial charge < -0.3 is 15.1 Å². The summed E-state index contributed by atoms with van der Waals surface area (Å²) in [5.41, 5.74) is 4.64. The molecule has 5 heterocycles. The fourth-order valence-electron chi connectivity index (χ4n) is 6.55. The van der Waals surface area contributed by atoms with Crippen molar-refractivity contribution in [2.45, 2.75) is 52.1 Å². The number of unbranched alkanes of at least 4 members (excludes halogenated alkanes) is 2. The van der Waals surface area contributed by atoms with Crippen LogP contribution in [0.5, 0.6) is 0 Å². The van der Waals surface area contributed by atoms with Crippen molar-refractivity contribution in [3.05, 3.63) is 71.6 Å². The van der Waals surface area contributed by atoms with Crippen LogP contribution in [0.1, 0.15) is 55.7 Å². The van der Waals surface area contributed by atoms with E-state index in [-0.39, 0.29) is 35.6 Å². The van der Waals surface area contributed by atoms with Gasteiger partial charge in [0, 0.05) is 101 Å². The number of carbonyl (C=O) groups is 5. The molecule has 13 heteroatoms. The Bertz CT molecular complexity index is 1570. The van der Waals surface area contributed by atoms with Gasteiger partial charge in [0.1, 0.15) is 0 Å². The summed E-state index contributed by atoms with van der Waals surface area (Å²) in [7, 11) is 0. The van der Waals surface area contributed by atoms with Crippen molar-refractivity contribution in [3.8, 4) is 0 Å². The molecule has 0 spiro atoms. The maximum absolute atomic E-state index is 12.9. The van der Waals surface area contributed by atoms with Crippen molar-refractivity contribution < 1.29 is 24.0 Å². The smallest absolute Gasteiger partial charge is 0.322 e. The molecule has 1 aromatic carbocycles. The molecule has 1 fully saturated rings. The molecule has 2 aromatic rings. The van der Waals surface area contributed by atoms with Gasteiger partial charge in [0.25, 0.3) is 11.8 Å². The molecular formula is C35H42N8O5. The number of urea groups is 1. The molecule has 1 aromatic heterocycles. The maximum atomic E-state index is 12.9. The van der Waals surface area contributed by atoms with Crippen LogP contribution in [0.25, 0.3) is 0 Å². The van der Waals surface area contributed by atoms with Crippen LogP contribution in [0.2, 0.25) is 0 Å². The molecular weight excluding hydrogens is 612 g/mol. The molecule has 48 heavy (non-hydrogen) atoms. The number of piperazine rings is 1. The molecule has 1 N–H and O–H groups in total. The van der Waals surface area contributed by atoms with Crippen molar-refractivity contribution in [2.24, 2.45) is 11.0 Å². The summed E-state index contributed by atoms with van der Waals surface area (Å²) in [6.07, 6.45) is 9.16. The second-order valence-electron chi connectivity index (χ2n) is 12.8. The van der Waals surface area contributed by atoms with E-state index in [4.69, 9.17) is 5.10 Å². The number of benzene rings is 1. The lowest BCUT2D eigenvalue weighted by atomic mass is 9.93. The molecule has 4 aliphatic heterocycles. The van der Waals surface area contributed by atoms with E-state index in [1.54, 1.807) is 22.3 Å². The van der Waals surface area contributed by atoms with Gasteiger partial charge in [-0.05, 0) is 47.7 Å². The van der Waals surface area contributed by atoms with E-state index in [2.05, 4.69) is 15.2 Å². The molecule has 1 atom stereocenters. The molecule has 13 nitrogen and oxygen atoms in total. The van der Waals surface area contributed by atoms with Gasteiger partial charge in [0.15, 0.2) is 0 Å². The average molecular weight is 655 g/mol. The number of rotatable bonds is 11. The molecule has 0 unspecified atom stereocenters. The number of anilines is 1. The van der Waals surface area contributed by atoms with Crippen molar-refractivity contribution in [1.29, 1.82) is 0 Å². The van der Waals surface area contributed by atoms with Crippen LogP contribution in [0.15, 0.2) is 60.0 Å². The Morgan fingerprint density at radius 3 is 2.29 bits per heavy atom. The molecule has 0 saturated carbocycles. The summed E-state index contributed by atoms with van der Waals surface area (Å²) < 4.78 is 0. The molecule has 0 radical (unpaired) electrons. The molecule has 0 aliphatic carbocycles. The fraction of sp³-hybridized carbons (Fsp3) is 0.457. The van der Waals surface area contributed by atoms with E-state index in [0.717, 1.165) is 48.3 Å². The Balaban J connectivity index is 0.925. The predicted octanol–water partition coefficient (Wildman–Crippen LogP) is 2.83. The number of fused-ring (bicyclic) bond motifs is 1. The number of nitrogens with zero attached hydrogens (tertiary/aromatic N) is 7. The van der Waals surface area contributed by atoms with Crippen molar-refractivity contribution in [3.63, 3.8) is 0 Å². The van der Waals surface area contributed by atoms with Crippen LogP contribution in [0.3, 0.4) is 0 Å². The summed E-state index contributed by atoms with van der Waals surface area (Å²) >= 11 is 0. The minimum Gasteiger partial charge on any atom is -0.340 e. The van der Waals surface area contributed by atoms with Gasteiger partial charge in [-0.2, -0.15) is 5.10 Å². The van der Waals surface area contributed by atoms with E-state index in [1.807, 2.05) is 42.2 Å². The van der Waals surface area contributed by atoms with Crippen molar-refractivity contribution >= 4 is 41.1 Å². The second-order valence-corrected chi connectivity index (χ2v) is 12.8. The number of pyridine rings is 1. The largest absolute Gasteiger partial charge is 0.340 e. The standard InChI is InChI=1S/C35H42N8O5/c1-25-21-33(47)43(20-17-39-15-18-40(19-16-39)30(44)5-3-2-4-14-42-31(45)10-11-32(42)46)38-34(25)26-6-8-29(9-7-26)37-35(48)41-23-27-12-13-36-22-28(27)24-41/h6-13,22,25H,2-5,14-21,23-24H2,1H3,(H,37,48)/t25-/m0/s1. The van der Waals surface area contributed by atoms with Crippen LogP contribution in [-0.4, -0.2) is 111 Å². The Labute approximate surface area is 280 Å². The van der Waals surface area contributed by atoms with Gasteiger partial charge >= 0.3 is 6.03 Å². The molecule has 0 bridgehead atoms. The van der Waals surface area contributed by atoms with Crippen LogP contribution in [0, 0.1) is 5.92 Å². The highest BCUT2D eigenvalue weighted by atomic mass is 16.2. The number of nitrogens with one attached hydrogen (secondary N) is 1. The predicted molar refractivity (Wildman–Crippen MR) is 178 cm³/mol. The van der Waals surface area contributed by atoms with Crippen LogP contribution in [-0.2, 0) is 32.3 Å². The zero-order valence-corrected chi connectivity index (χ0v) is 27.3. The minimum atomic E-state index is -0.266. The maximum Gasteiger partial charge on any atom is 0.322 e. The zero-order valence-electron chi connectivity index (χ0n) is 27.3. The first kappa shape index (κ1) is 33.0. The monoisotopic (exact) mass is 654 g/mol. The minimum absolute atomic E-state index is 0.000447. The number of imide groups is 1. The van der Waals surface area contributed by atoms with Crippen LogP contribution in [0.4, 0.5) is 10.5 Å². The van der Waals surface area contributed by atoms with E-state index in [1.165, 1.54) is 17.1 Å². The first-order valence-electron chi connectivity index (χ1n) is 16.8. The topological polar surface area (TPSA) is 139 Å². The van der Waals surface area contributed by atoms with Crippen LogP contribution >= 0.6 is 0 Å². The number of aromatic nitrogens is 1. The van der Waals surface area contributed by atoms with Crippen LogP contribution < -0.4 is 5.32 Å².